The Kier molecular flexibility index (Phi) is 3.24. The fourth-order valence-corrected chi connectivity index (χ4v) is 3.15. The van der Waals surface area contributed by atoms with Gasteiger partial charge in [-0.3, -0.25) is 0 Å². The Morgan fingerprint density at radius 1 is 1.24 bits per heavy atom. The predicted octanol–water partition coefficient (Wildman–Crippen LogP) is 3.48. The van der Waals surface area contributed by atoms with Crippen LogP contribution in [0.2, 0.25) is 0 Å². The number of hydrogen-bond donors (Lipinski definition) is 1. The average Bonchev–Trinajstić information content (AvgIpc) is 2.88. The van der Waals surface area contributed by atoms with Crippen LogP contribution < -0.4 is 5.73 Å². The van der Waals surface area contributed by atoms with Crippen molar-refractivity contribution in [1.29, 1.82) is 0 Å². The maximum Gasteiger partial charge on any atom is 0.0338 e. The van der Waals surface area contributed by atoms with Crippen molar-refractivity contribution in [1.82, 2.24) is 4.57 Å². The average molecular weight is 232 g/mol. The monoisotopic (exact) mass is 232 g/mol. The smallest absolute Gasteiger partial charge is 0.0338 e. The number of aryl methyl sites for hydroxylation is 1. The van der Waals surface area contributed by atoms with E-state index in [9.17, 15) is 0 Å². The number of aromatic nitrogens is 1. The van der Waals surface area contributed by atoms with Gasteiger partial charge in [-0.2, -0.15) is 0 Å². The maximum absolute atomic E-state index is 6.22. The number of hydrogen-bond acceptors (Lipinski definition) is 1. The van der Waals surface area contributed by atoms with Gasteiger partial charge in [-0.1, -0.05) is 25.7 Å². The third kappa shape index (κ3) is 2.74. The Morgan fingerprint density at radius 3 is 2.71 bits per heavy atom. The number of nitrogens with zero attached hydrogens (tertiary/aromatic N) is 1. The second kappa shape index (κ2) is 4.85. The highest BCUT2D eigenvalue weighted by Crippen LogP contribution is 2.39. The molecule has 0 aliphatic heterocycles. The summed E-state index contributed by atoms with van der Waals surface area (Å²) in [6.45, 7) is 1.18. The van der Waals surface area contributed by atoms with Gasteiger partial charge in [0.2, 0.25) is 0 Å². The quantitative estimate of drug-likeness (QED) is 0.828. The Labute approximate surface area is 104 Å². The van der Waals surface area contributed by atoms with E-state index in [1.807, 2.05) is 0 Å². The van der Waals surface area contributed by atoms with Gasteiger partial charge in [0.15, 0.2) is 0 Å². The summed E-state index contributed by atoms with van der Waals surface area (Å²) in [5.74, 6) is 1.75. The zero-order valence-electron chi connectivity index (χ0n) is 10.6. The van der Waals surface area contributed by atoms with Crippen LogP contribution in [-0.4, -0.2) is 4.57 Å². The second-order valence-electron chi connectivity index (χ2n) is 5.99. The number of rotatable bonds is 5. The molecule has 0 bridgehead atoms. The highest BCUT2D eigenvalue weighted by molar-refractivity contribution is 5.17. The van der Waals surface area contributed by atoms with Crippen LogP contribution in [0.5, 0.6) is 0 Å². The summed E-state index contributed by atoms with van der Waals surface area (Å²) in [6.07, 6.45) is 14.3. The van der Waals surface area contributed by atoms with Gasteiger partial charge < -0.3 is 10.3 Å². The molecular weight excluding hydrogens is 208 g/mol. The minimum absolute atomic E-state index is 0.294. The molecule has 0 aromatic carbocycles. The SMILES string of the molecule is NC(c1ccn(CCC2CCCC2)c1)C1CC1. The zero-order chi connectivity index (χ0) is 11.7. The molecule has 2 nitrogen and oxygen atoms in total. The van der Waals surface area contributed by atoms with Crippen molar-refractivity contribution in [2.45, 2.75) is 57.5 Å². The third-order valence-corrected chi connectivity index (χ3v) is 4.56. The first-order valence-corrected chi connectivity index (χ1v) is 7.24. The molecular formula is C15H24N2. The summed E-state index contributed by atoms with van der Waals surface area (Å²) < 4.78 is 2.34. The summed E-state index contributed by atoms with van der Waals surface area (Å²) in [5.41, 5.74) is 7.56. The molecule has 1 unspecified atom stereocenters. The molecule has 2 aliphatic carbocycles. The van der Waals surface area contributed by atoms with Gasteiger partial charge in [0.25, 0.3) is 0 Å². The van der Waals surface area contributed by atoms with E-state index in [0.29, 0.717) is 6.04 Å². The molecule has 3 rings (SSSR count). The molecule has 17 heavy (non-hydrogen) atoms. The highest BCUT2D eigenvalue weighted by atomic mass is 14.9. The van der Waals surface area contributed by atoms with Crippen molar-refractivity contribution < 1.29 is 0 Å². The third-order valence-electron chi connectivity index (χ3n) is 4.56. The van der Waals surface area contributed by atoms with E-state index in [0.717, 1.165) is 11.8 Å². The zero-order valence-corrected chi connectivity index (χ0v) is 10.6. The number of nitrogens with two attached hydrogens (primary N) is 1. The maximum atomic E-state index is 6.22. The van der Waals surface area contributed by atoms with Crippen LogP contribution in [0.3, 0.4) is 0 Å². The predicted molar refractivity (Wildman–Crippen MR) is 70.7 cm³/mol. The molecule has 1 aromatic heterocycles. The van der Waals surface area contributed by atoms with E-state index in [1.54, 1.807) is 0 Å². The fraction of sp³-hybridized carbons (Fsp3) is 0.733. The Hall–Kier alpha value is -0.760. The van der Waals surface area contributed by atoms with Crippen molar-refractivity contribution in [2.24, 2.45) is 17.6 Å². The molecule has 1 atom stereocenters. The minimum Gasteiger partial charge on any atom is -0.354 e. The lowest BCUT2D eigenvalue weighted by molar-refractivity contribution is 0.458. The molecule has 2 fully saturated rings. The molecule has 1 heterocycles. The lowest BCUT2D eigenvalue weighted by atomic mass is 10.0. The van der Waals surface area contributed by atoms with Crippen LogP contribution in [0, 0.1) is 11.8 Å². The van der Waals surface area contributed by atoms with Gasteiger partial charge in [-0.15, -0.1) is 0 Å². The standard InChI is InChI=1S/C15H24N2/c16-15(13-5-6-13)14-8-10-17(11-14)9-7-12-3-1-2-4-12/h8,10-13,15H,1-7,9,16H2. The van der Waals surface area contributed by atoms with E-state index in [1.165, 1.54) is 57.1 Å². The van der Waals surface area contributed by atoms with Gasteiger partial charge in [0.05, 0.1) is 0 Å². The first-order valence-electron chi connectivity index (χ1n) is 7.24. The van der Waals surface area contributed by atoms with E-state index in [4.69, 9.17) is 5.73 Å². The van der Waals surface area contributed by atoms with Crippen molar-refractivity contribution >= 4 is 0 Å². The molecule has 94 valence electrons. The van der Waals surface area contributed by atoms with Gasteiger partial charge >= 0.3 is 0 Å². The molecule has 0 saturated heterocycles. The first-order chi connectivity index (χ1) is 8.33. The summed E-state index contributed by atoms with van der Waals surface area (Å²) in [7, 11) is 0. The summed E-state index contributed by atoms with van der Waals surface area (Å²) in [5, 5.41) is 0. The lowest BCUT2D eigenvalue weighted by Gasteiger charge is -2.10. The second-order valence-corrected chi connectivity index (χ2v) is 5.99. The van der Waals surface area contributed by atoms with E-state index in [-0.39, 0.29) is 0 Å². The van der Waals surface area contributed by atoms with Crippen molar-refractivity contribution in [3.05, 3.63) is 24.0 Å². The molecule has 0 spiro atoms. The summed E-state index contributed by atoms with van der Waals surface area (Å²) in [6, 6.07) is 2.51. The van der Waals surface area contributed by atoms with Gasteiger partial charge in [0.1, 0.15) is 0 Å². The van der Waals surface area contributed by atoms with E-state index >= 15 is 0 Å². The molecule has 0 radical (unpaired) electrons. The van der Waals surface area contributed by atoms with Crippen LogP contribution >= 0.6 is 0 Å². The summed E-state index contributed by atoms with van der Waals surface area (Å²) >= 11 is 0. The van der Waals surface area contributed by atoms with E-state index in [2.05, 4.69) is 23.0 Å². The van der Waals surface area contributed by atoms with Crippen LogP contribution in [0.4, 0.5) is 0 Å². The Balaban J connectivity index is 1.52. The fourth-order valence-electron chi connectivity index (χ4n) is 3.15. The highest BCUT2D eigenvalue weighted by Gasteiger charge is 2.29. The van der Waals surface area contributed by atoms with Crippen molar-refractivity contribution in [2.75, 3.05) is 0 Å². The lowest BCUT2D eigenvalue weighted by Crippen LogP contribution is -2.11. The van der Waals surface area contributed by atoms with Gasteiger partial charge in [-0.25, -0.2) is 0 Å². The van der Waals surface area contributed by atoms with Gasteiger partial charge in [0, 0.05) is 25.0 Å². The minimum atomic E-state index is 0.294. The molecule has 0 amide bonds. The molecule has 2 N–H and O–H groups in total. The largest absolute Gasteiger partial charge is 0.354 e. The first kappa shape index (κ1) is 11.3. The molecule has 2 aliphatic rings. The van der Waals surface area contributed by atoms with Crippen LogP contribution in [0.15, 0.2) is 18.5 Å². The molecule has 1 aromatic rings. The van der Waals surface area contributed by atoms with Gasteiger partial charge in [-0.05, 0) is 42.7 Å². The summed E-state index contributed by atoms with van der Waals surface area (Å²) in [4.78, 5) is 0. The van der Waals surface area contributed by atoms with Crippen LogP contribution in [0.25, 0.3) is 0 Å². The van der Waals surface area contributed by atoms with Crippen LogP contribution in [0.1, 0.15) is 56.6 Å². The molecule has 2 saturated carbocycles. The van der Waals surface area contributed by atoms with E-state index < -0.39 is 0 Å². The Morgan fingerprint density at radius 2 is 2.00 bits per heavy atom. The Bertz CT molecular complexity index is 359. The van der Waals surface area contributed by atoms with Crippen molar-refractivity contribution in [3.63, 3.8) is 0 Å². The normalized spacial score (nSPS) is 23.1. The topological polar surface area (TPSA) is 30.9 Å². The van der Waals surface area contributed by atoms with Crippen LogP contribution in [-0.2, 0) is 6.54 Å². The van der Waals surface area contributed by atoms with Crippen molar-refractivity contribution in [3.8, 4) is 0 Å². The molecule has 2 heteroatoms.